The van der Waals surface area contributed by atoms with Gasteiger partial charge in [0.2, 0.25) is 0 Å². The molecule has 0 aliphatic heterocycles. The Balaban J connectivity index is 1.95. The van der Waals surface area contributed by atoms with Crippen LogP contribution in [0.15, 0.2) is 22.8 Å². The van der Waals surface area contributed by atoms with Crippen LogP contribution in [0.4, 0.5) is 0 Å². The highest BCUT2D eigenvalue weighted by molar-refractivity contribution is 5.02. The predicted molar refractivity (Wildman–Crippen MR) is 62.4 cm³/mol. The van der Waals surface area contributed by atoms with Crippen molar-refractivity contribution in [3.63, 3.8) is 0 Å². The first-order valence-corrected chi connectivity index (χ1v) is 5.68. The van der Waals surface area contributed by atoms with Crippen LogP contribution in [0.2, 0.25) is 0 Å². The van der Waals surface area contributed by atoms with Crippen LogP contribution >= 0.6 is 0 Å². The van der Waals surface area contributed by atoms with Crippen LogP contribution in [0.5, 0.6) is 0 Å². The van der Waals surface area contributed by atoms with E-state index in [-0.39, 0.29) is 6.04 Å². The second-order valence-electron chi connectivity index (χ2n) is 3.65. The average molecular weight is 227 g/mol. The lowest BCUT2D eigenvalue weighted by Crippen LogP contribution is -2.23. The van der Waals surface area contributed by atoms with Gasteiger partial charge < -0.3 is 19.2 Å². The van der Waals surface area contributed by atoms with Crippen LogP contribution in [0.25, 0.3) is 0 Å². The lowest BCUT2D eigenvalue weighted by Gasteiger charge is -2.11. The maximum absolute atomic E-state index is 5.43. The summed E-state index contributed by atoms with van der Waals surface area (Å²) < 4.78 is 15.6. The van der Waals surface area contributed by atoms with Crippen molar-refractivity contribution >= 4 is 0 Å². The van der Waals surface area contributed by atoms with Gasteiger partial charge in [0, 0.05) is 26.9 Å². The predicted octanol–water partition coefficient (Wildman–Crippen LogP) is 1.98. The number of nitrogens with one attached hydrogen (secondary N) is 1. The summed E-state index contributed by atoms with van der Waals surface area (Å²) in [4.78, 5) is 0. The lowest BCUT2D eigenvalue weighted by atomic mass is 10.2. The van der Waals surface area contributed by atoms with Gasteiger partial charge in [0.25, 0.3) is 0 Å². The Morgan fingerprint density at radius 1 is 1.38 bits per heavy atom. The van der Waals surface area contributed by atoms with E-state index in [1.54, 1.807) is 13.4 Å². The lowest BCUT2D eigenvalue weighted by molar-refractivity contribution is 0.103. The van der Waals surface area contributed by atoms with E-state index in [1.165, 1.54) is 0 Å². The molecule has 0 bridgehead atoms. The SMILES string of the molecule is COCCCOCCN[C@@H](C)c1ccco1. The third-order valence-corrected chi connectivity index (χ3v) is 2.30. The van der Waals surface area contributed by atoms with Gasteiger partial charge in [-0.1, -0.05) is 0 Å². The molecule has 1 atom stereocenters. The maximum atomic E-state index is 5.43. The van der Waals surface area contributed by atoms with Crippen molar-refractivity contribution in [2.75, 3.05) is 33.5 Å². The third kappa shape index (κ3) is 5.30. The van der Waals surface area contributed by atoms with Gasteiger partial charge in [-0.25, -0.2) is 0 Å². The van der Waals surface area contributed by atoms with Gasteiger partial charge in [0.05, 0.1) is 18.9 Å². The van der Waals surface area contributed by atoms with Crippen molar-refractivity contribution in [2.24, 2.45) is 0 Å². The molecule has 4 nitrogen and oxygen atoms in total. The standard InChI is InChI=1S/C12H21NO3/c1-11(12-5-3-9-16-12)13-6-10-15-8-4-7-14-2/h3,5,9,11,13H,4,6-8,10H2,1-2H3/t11-/m0/s1. The quantitative estimate of drug-likeness (QED) is 0.655. The number of methoxy groups -OCH3 is 1. The minimum atomic E-state index is 0.234. The van der Waals surface area contributed by atoms with E-state index in [2.05, 4.69) is 12.2 Å². The Morgan fingerprint density at radius 2 is 2.25 bits per heavy atom. The van der Waals surface area contributed by atoms with Crippen LogP contribution in [0.1, 0.15) is 25.1 Å². The highest BCUT2D eigenvalue weighted by Crippen LogP contribution is 2.11. The number of furan rings is 1. The molecule has 16 heavy (non-hydrogen) atoms. The number of ether oxygens (including phenoxy) is 2. The van der Waals surface area contributed by atoms with Gasteiger partial charge in [-0.2, -0.15) is 0 Å². The molecular formula is C12H21NO3. The minimum Gasteiger partial charge on any atom is -0.468 e. The second kappa shape index (κ2) is 8.33. The second-order valence-corrected chi connectivity index (χ2v) is 3.65. The first kappa shape index (κ1) is 13.2. The molecular weight excluding hydrogens is 206 g/mol. The zero-order valence-electron chi connectivity index (χ0n) is 10.1. The van der Waals surface area contributed by atoms with Crippen LogP contribution in [-0.4, -0.2) is 33.5 Å². The van der Waals surface area contributed by atoms with E-state index in [1.807, 2.05) is 12.1 Å². The molecule has 0 aliphatic rings. The molecule has 1 aromatic rings. The molecule has 0 aromatic carbocycles. The zero-order chi connectivity index (χ0) is 11.6. The molecule has 0 aliphatic carbocycles. The van der Waals surface area contributed by atoms with E-state index in [0.29, 0.717) is 0 Å². The van der Waals surface area contributed by atoms with Gasteiger partial charge in [0.1, 0.15) is 5.76 Å². The molecule has 92 valence electrons. The fourth-order valence-corrected chi connectivity index (χ4v) is 1.39. The van der Waals surface area contributed by atoms with Gasteiger partial charge in [-0.15, -0.1) is 0 Å². The molecule has 4 heteroatoms. The number of hydrogen-bond donors (Lipinski definition) is 1. The van der Waals surface area contributed by atoms with Crippen molar-refractivity contribution in [1.82, 2.24) is 5.32 Å². The van der Waals surface area contributed by atoms with Crippen LogP contribution in [0.3, 0.4) is 0 Å². The van der Waals surface area contributed by atoms with Crippen molar-refractivity contribution in [1.29, 1.82) is 0 Å². The van der Waals surface area contributed by atoms with Crippen LogP contribution < -0.4 is 5.32 Å². The molecule has 0 spiro atoms. The molecule has 0 unspecified atom stereocenters. The first-order chi connectivity index (χ1) is 7.84. The summed E-state index contributed by atoms with van der Waals surface area (Å²) in [5, 5.41) is 3.33. The molecule has 0 amide bonds. The van der Waals surface area contributed by atoms with Gasteiger partial charge in [-0.3, -0.25) is 0 Å². The largest absolute Gasteiger partial charge is 0.468 e. The summed E-state index contributed by atoms with van der Waals surface area (Å²) in [6, 6.07) is 4.10. The Labute approximate surface area is 96.9 Å². The van der Waals surface area contributed by atoms with Gasteiger partial charge in [0.15, 0.2) is 0 Å². The van der Waals surface area contributed by atoms with E-state index in [4.69, 9.17) is 13.9 Å². The smallest absolute Gasteiger partial charge is 0.120 e. The normalized spacial score (nSPS) is 12.9. The van der Waals surface area contributed by atoms with Crippen molar-refractivity contribution in [2.45, 2.75) is 19.4 Å². The van der Waals surface area contributed by atoms with E-state index < -0.39 is 0 Å². The molecule has 0 radical (unpaired) electrons. The molecule has 0 saturated carbocycles. The molecule has 1 N–H and O–H groups in total. The minimum absolute atomic E-state index is 0.234. The highest BCUT2D eigenvalue weighted by atomic mass is 16.5. The maximum Gasteiger partial charge on any atom is 0.120 e. The Morgan fingerprint density at radius 3 is 2.94 bits per heavy atom. The Hall–Kier alpha value is -0.840. The van der Waals surface area contributed by atoms with Crippen molar-refractivity contribution < 1.29 is 13.9 Å². The van der Waals surface area contributed by atoms with Crippen LogP contribution in [0, 0.1) is 0 Å². The summed E-state index contributed by atoms with van der Waals surface area (Å²) >= 11 is 0. The molecule has 0 fully saturated rings. The Kier molecular flexibility index (Phi) is 6.88. The topological polar surface area (TPSA) is 43.6 Å². The molecule has 1 aromatic heterocycles. The van der Waals surface area contributed by atoms with E-state index in [0.717, 1.165) is 38.5 Å². The van der Waals surface area contributed by atoms with Crippen molar-refractivity contribution in [3.8, 4) is 0 Å². The Bertz CT molecular complexity index is 249. The summed E-state index contributed by atoms with van der Waals surface area (Å²) in [6.07, 6.45) is 2.64. The zero-order valence-corrected chi connectivity index (χ0v) is 10.1. The number of hydrogen-bond acceptors (Lipinski definition) is 4. The summed E-state index contributed by atoms with van der Waals surface area (Å²) in [5.74, 6) is 0.958. The van der Waals surface area contributed by atoms with E-state index >= 15 is 0 Å². The van der Waals surface area contributed by atoms with Crippen LogP contribution in [-0.2, 0) is 9.47 Å². The first-order valence-electron chi connectivity index (χ1n) is 5.68. The van der Waals surface area contributed by atoms with Gasteiger partial charge >= 0.3 is 0 Å². The van der Waals surface area contributed by atoms with E-state index in [9.17, 15) is 0 Å². The fourth-order valence-electron chi connectivity index (χ4n) is 1.39. The highest BCUT2D eigenvalue weighted by Gasteiger charge is 2.05. The van der Waals surface area contributed by atoms with Crippen molar-refractivity contribution in [3.05, 3.63) is 24.2 Å². The molecule has 1 rings (SSSR count). The summed E-state index contributed by atoms with van der Waals surface area (Å²) in [5.41, 5.74) is 0. The summed E-state index contributed by atoms with van der Waals surface area (Å²) in [7, 11) is 1.70. The third-order valence-electron chi connectivity index (χ3n) is 2.30. The fraction of sp³-hybridized carbons (Fsp3) is 0.667. The average Bonchev–Trinajstić information content (AvgIpc) is 2.81. The molecule has 0 saturated heterocycles. The summed E-state index contributed by atoms with van der Waals surface area (Å²) in [6.45, 7) is 5.13. The molecule has 1 heterocycles. The monoisotopic (exact) mass is 227 g/mol. The van der Waals surface area contributed by atoms with Gasteiger partial charge in [-0.05, 0) is 25.5 Å². The number of rotatable bonds is 9.